The molecule has 5 heterocycles. The largest absolute Gasteiger partial charge is 0.478 e. The van der Waals surface area contributed by atoms with Crippen LogP contribution in [0.5, 0.6) is 5.88 Å². The van der Waals surface area contributed by atoms with E-state index in [1.165, 1.54) is 5.56 Å². The third-order valence-electron chi connectivity index (χ3n) is 4.72. The van der Waals surface area contributed by atoms with Crippen molar-refractivity contribution in [2.75, 3.05) is 6.61 Å². The quantitative estimate of drug-likeness (QED) is 0.384. The number of nitrogens with zero attached hydrogens (tertiary/aromatic N) is 4. The minimum Gasteiger partial charge on any atom is -0.478 e. The molecule has 7 nitrogen and oxygen atoms in total. The molecule has 0 saturated carbocycles. The average molecular weight is 452 g/mol. The molecule has 5 aromatic rings. The number of pyridine rings is 3. The molecule has 5 rings (SSSR count). The number of hydrogen-bond donors (Lipinski definition) is 1. The highest BCUT2D eigenvalue weighted by atomic mass is 35.5. The standard InChI is InChI=1S/C22H17N5O2S.ClH/c28-22-20-16(25-21(27-22)17-12-15-7-11-30-18(15)13-24-17)3-4-19(26-20)29-10-1-2-14-5-8-23-9-6-14;/h3-9,11-13H,1-2,10H2,(H,25,27,28);1H. The third kappa shape index (κ3) is 4.55. The van der Waals surface area contributed by atoms with E-state index in [0.717, 1.165) is 22.9 Å². The molecule has 1 N–H and O–H groups in total. The molecule has 0 aliphatic rings. The molecule has 0 radical (unpaired) electrons. The summed E-state index contributed by atoms with van der Waals surface area (Å²) < 4.78 is 6.82. The van der Waals surface area contributed by atoms with Crippen LogP contribution in [0.4, 0.5) is 0 Å². The van der Waals surface area contributed by atoms with E-state index in [1.54, 1.807) is 42.1 Å². The van der Waals surface area contributed by atoms with Gasteiger partial charge in [-0.15, -0.1) is 23.7 Å². The third-order valence-corrected chi connectivity index (χ3v) is 5.59. The predicted molar refractivity (Wildman–Crippen MR) is 124 cm³/mol. The van der Waals surface area contributed by atoms with Crippen molar-refractivity contribution in [3.05, 3.63) is 76.3 Å². The lowest BCUT2D eigenvalue weighted by atomic mass is 10.1. The zero-order chi connectivity index (χ0) is 20.3. The predicted octanol–water partition coefficient (Wildman–Crippen LogP) is 4.42. The molecule has 9 heteroatoms. The Hall–Kier alpha value is -3.36. The summed E-state index contributed by atoms with van der Waals surface area (Å²) in [6, 6.07) is 11.4. The van der Waals surface area contributed by atoms with Crippen molar-refractivity contribution in [3.8, 4) is 17.4 Å². The Kier molecular flexibility index (Phi) is 6.20. The van der Waals surface area contributed by atoms with Crippen molar-refractivity contribution < 1.29 is 4.74 Å². The summed E-state index contributed by atoms with van der Waals surface area (Å²) in [6.07, 6.45) is 7.09. The molecule has 31 heavy (non-hydrogen) atoms. The van der Waals surface area contributed by atoms with E-state index in [0.29, 0.717) is 29.5 Å². The van der Waals surface area contributed by atoms with Gasteiger partial charge < -0.3 is 9.72 Å². The van der Waals surface area contributed by atoms with Crippen LogP contribution in [-0.4, -0.2) is 31.5 Å². The molecule has 0 fully saturated rings. The van der Waals surface area contributed by atoms with Gasteiger partial charge in [0.25, 0.3) is 5.56 Å². The maximum absolute atomic E-state index is 12.6. The zero-order valence-corrected chi connectivity index (χ0v) is 17.9. The Morgan fingerprint density at radius 1 is 1.06 bits per heavy atom. The van der Waals surface area contributed by atoms with Crippen molar-refractivity contribution in [2.45, 2.75) is 12.8 Å². The molecule has 0 aliphatic carbocycles. The zero-order valence-electron chi connectivity index (χ0n) is 16.3. The van der Waals surface area contributed by atoms with Gasteiger partial charge in [0.2, 0.25) is 5.88 Å². The minimum absolute atomic E-state index is 0. The van der Waals surface area contributed by atoms with Gasteiger partial charge in [-0.3, -0.25) is 14.8 Å². The molecular formula is C22H18ClN5O2S. The first-order chi connectivity index (χ1) is 14.8. The Labute approximate surface area is 187 Å². The lowest BCUT2D eigenvalue weighted by Crippen LogP contribution is -2.12. The topological polar surface area (TPSA) is 93.7 Å². The Morgan fingerprint density at radius 3 is 2.81 bits per heavy atom. The highest BCUT2D eigenvalue weighted by molar-refractivity contribution is 7.17. The Balaban J connectivity index is 0.00000231. The van der Waals surface area contributed by atoms with Crippen molar-refractivity contribution >= 4 is 44.9 Å². The van der Waals surface area contributed by atoms with E-state index in [4.69, 9.17) is 4.74 Å². The highest BCUT2D eigenvalue weighted by Crippen LogP contribution is 2.24. The highest BCUT2D eigenvalue weighted by Gasteiger charge is 2.10. The number of fused-ring (bicyclic) bond motifs is 2. The van der Waals surface area contributed by atoms with Gasteiger partial charge in [0, 0.05) is 24.7 Å². The van der Waals surface area contributed by atoms with Crippen LogP contribution in [0.2, 0.25) is 0 Å². The average Bonchev–Trinajstić information content (AvgIpc) is 3.25. The number of nitrogens with one attached hydrogen (secondary N) is 1. The van der Waals surface area contributed by atoms with Crippen LogP contribution in [0.25, 0.3) is 32.6 Å². The first-order valence-corrected chi connectivity index (χ1v) is 10.4. The van der Waals surface area contributed by atoms with E-state index in [2.05, 4.69) is 24.9 Å². The Bertz CT molecular complexity index is 1390. The number of H-pyrrole nitrogens is 1. The number of halogens is 1. The van der Waals surface area contributed by atoms with E-state index < -0.39 is 0 Å². The fraction of sp³-hybridized carbons (Fsp3) is 0.136. The number of aryl methyl sites for hydroxylation is 1. The number of aromatic amines is 1. The van der Waals surface area contributed by atoms with Gasteiger partial charge in [-0.25, -0.2) is 9.97 Å². The van der Waals surface area contributed by atoms with Gasteiger partial charge in [0.15, 0.2) is 11.3 Å². The van der Waals surface area contributed by atoms with Crippen molar-refractivity contribution in [1.82, 2.24) is 24.9 Å². The van der Waals surface area contributed by atoms with E-state index in [9.17, 15) is 4.79 Å². The van der Waals surface area contributed by atoms with Crippen LogP contribution in [0.1, 0.15) is 12.0 Å². The summed E-state index contributed by atoms with van der Waals surface area (Å²) in [4.78, 5) is 32.7. The fourth-order valence-electron chi connectivity index (χ4n) is 3.21. The number of hydrogen-bond acceptors (Lipinski definition) is 7. The smallest absolute Gasteiger partial charge is 0.277 e. The number of rotatable bonds is 6. The number of thiophene rings is 1. The van der Waals surface area contributed by atoms with Crippen LogP contribution in [0.15, 0.2) is 65.2 Å². The van der Waals surface area contributed by atoms with Crippen molar-refractivity contribution in [3.63, 3.8) is 0 Å². The van der Waals surface area contributed by atoms with Crippen LogP contribution in [-0.2, 0) is 6.42 Å². The van der Waals surface area contributed by atoms with Gasteiger partial charge in [0.05, 0.1) is 16.8 Å². The number of aromatic nitrogens is 5. The van der Waals surface area contributed by atoms with Crippen molar-refractivity contribution in [2.24, 2.45) is 0 Å². The molecule has 0 spiro atoms. The van der Waals surface area contributed by atoms with E-state index >= 15 is 0 Å². The second-order valence-corrected chi connectivity index (χ2v) is 7.71. The normalized spacial score (nSPS) is 10.8. The summed E-state index contributed by atoms with van der Waals surface area (Å²) in [5, 5.41) is 3.08. The lowest BCUT2D eigenvalue weighted by molar-refractivity contribution is 0.300. The molecule has 0 unspecified atom stereocenters. The van der Waals surface area contributed by atoms with Gasteiger partial charge in [-0.05, 0) is 59.5 Å². The van der Waals surface area contributed by atoms with Gasteiger partial charge in [0.1, 0.15) is 5.69 Å². The summed E-state index contributed by atoms with van der Waals surface area (Å²) in [7, 11) is 0. The summed E-state index contributed by atoms with van der Waals surface area (Å²) >= 11 is 1.62. The van der Waals surface area contributed by atoms with Gasteiger partial charge >= 0.3 is 0 Å². The molecular weight excluding hydrogens is 434 g/mol. The molecule has 0 amide bonds. The Morgan fingerprint density at radius 2 is 1.94 bits per heavy atom. The van der Waals surface area contributed by atoms with Crippen LogP contribution in [0.3, 0.4) is 0 Å². The monoisotopic (exact) mass is 451 g/mol. The molecule has 0 aliphatic heterocycles. The summed E-state index contributed by atoms with van der Waals surface area (Å²) in [6.45, 7) is 0.509. The lowest BCUT2D eigenvalue weighted by Gasteiger charge is -2.07. The summed E-state index contributed by atoms with van der Waals surface area (Å²) in [5.74, 6) is 0.837. The molecule has 0 saturated heterocycles. The van der Waals surface area contributed by atoms with Crippen LogP contribution < -0.4 is 10.3 Å². The van der Waals surface area contributed by atoms with E-state index in [-0.39, 0.29) is 23.5 Å². The first-order valence-electron chi connectivity index (χ1n) is 9.53. The second kappa shape index (κ2) is 9.20. The van der Waals surface area contributed by atoms with E-state index in [1.807, 2.05) is 29.6 Å². The maximum Gasteiger partial charge on any atom is 0.277 e. The van der Waals surface area contributed by atoms with Gasteiger partial charge in [-0.1, -0.05) is 0 Å². The molecule has 156 valence electrons. The molecule has 5 aromatic heterocycles. The first kappa shape index (κ1) is 20.9. The second-order valence-electron chi connectivity index (χ2n) is 6.77. The van der Waals surface area contributed by atoms with Gasteiger partial charge in [-0.2, -0.15) is 0 Å². The number of ether oxygens (including phenoxy) is 1. The summed E-state index contributed by atoms with van der Waals surface area (Å²) in [5.41, 5.74) is 2.27. The van der Waals surface area contributed by atoms with Crippen LogP contribution >= 0.6 is 23.7 Å². The van der Waals surface area contributed by atoms with Crippen molar-refractivity contribution in [1.29, 1.82) is 0 Å². The minimum atomic E-state index is -0.315. The molecule has 0 atom stereocenters. The van der Waals surface area contributed by atoms with Crippen LogP contribution in [0, 0.1) is 0 Å². The fourth-order valence-corrected chi connectivity index (χ4v) is 3.95. The SMILES string of the molecule is Cl.O=c1[nH]c(-c2cc3ccsc3cn2)nc2ccc(OCCCc3ccncc3)nc12. The maximum atomic E-state index is 12.6. The molecule has 0 bridgehead atoms. The molecule has 0 aromatic carbocycles.